The van der Waals surface area contributed by atoms with Crippen LogP contribution in [0.1, 0.15) is 18.4 Å². The van der Waals surface area contributed by atoms with Crippen molar-refractivity contribution in [1.29, 1.82) is 0 Å². The summed E-state index contributed by atoms with van der Waals surface area (Å²) in [7, 11) is 0. The number of hydrogen-bond acceptors (Lipinski definition) is 3. The minimum atomic E-state index is -2.89. The summed E-state index contributed by atoms with van der Waals surface area (Å²) in [4.78, 5) is 14.3. The molecule has 1 fully saturated rings. The quantitative estimate of drug-likeness (QED) is 0.835. The van der Waals surface area contributed by atoms with Gasteiger partial charge in [0.2, 0.25) is 5.91 Å². The number of carbonyl (C=O) groups is 1. The molecule has 0 radical (unpaired) electrons. The Labute approximate surface area is 149 Å². The predicted octanol–water partition coefficient (Wildman–Crippen LogP) is 4.21. The molecule has 2 aromatic carbocycles. The third-order valence-corrected chi connectivity index (χ3v) is 4.15. The van der Waals surface area contributed by atoms with Crippen molar-refractivity contribution in [2.45, 2.75) is 25.9 Å². The number of rotatable bonds is 6. The molecule has 0 unspecified atom stereocenters. The molecule has 138 valence electrons. The standard InChI is InChI=1S/C19H19F3N2O2/c20-14-10-15(12-16(11-14)24-7-1-2-8-24)23-18(25)9-13-3-5-17(6-4-13)26-19(21)22/h3-6,10-12,19H,1-2,7-9H2,(H,23,25). The smallest absolute Gasteiger partial charge is 0.387 e. The van der Waals surface area contributed by atoms with Crippen LogP contribution in [0, 0.1) is 5.82 Å². The Morgan fingerprint density at radius 1 is 1.12 bits per heavy atom. The van der Waals surface area contributed by atoms with E-state index in [2.05, 4.69) is 15.0 Å². The summed E-state index contributed by atoms with van der Waals surface area (Å²) in [5.41, 5.74) is 1.79. The topological polar surface area (TPSA) is 41.6 Å². The van der Waals surface area contributed by atoms with Crippen LogP contribution in [0.4, 0.5) is 24.5 Å². The highest BCUT2D eigenvalue weighted by atomic mass is 19.3. The van der Waals surface area contributed by atoms with Gasteiger partial charge in [-0.25, -0.2) is 4.39 Å². The van der Waals surface area contributed by atoms with Crippen LogP contribution in [0.2, 0.25) is 0 Å². The number of carbonyl (C=O) groups excluding carboxylic acids is 1. The van der Waals surface area contributed by atoms with E-state index in [0.717, 1.165) is 31.6 Å². The maximum atomic E-state index is 13.9. The molecule has 7 heteroatoms. The van der Waals surface area contributed by atoms with Crippen LogP contribution in [-0.2, 0) is 11.2 Å². The summed E-state index contributed by atoms with van der Waals surface area (Å²) in [6.07, 6.45) is 2.19. The van der Waals surface area contributed by atoms with E-state index in [-0.39, 0.29) is 18.1 Å². The summed E-state index contributed by atoms with van der Waals surface area (Å²) >= 11 is 0. The minimum Gasteiger partial charge on any atom is -0.435 e. The zero-order chi connectivity index (χ0) is 18.5. The lowest BCUT2D eigenvalue weighted by Gasteiger charge is -2.18. The monoisotopic (exact) mass is 364 g/mol. The van der Waals surface area contributed by atoms with Crippen molar-refractivity contribution in [3.63, 3.8) is 0 Å². The van der Waals surface area contributed by atoms with E-state index in [1.165, 1.54) is 24.3 Å². The molecule has 3 rings (SSSR count). The van der Waals surface area contributed by atoms with Crippen molar-refractivity contribution in [1.82, 2.24) is 0 Å². The SMILES string of the molecule is O=C(Cc1ccc(OC(F)F)cc1)Nc1cc(F)cc(N2CCCC2)c1. The van der Waals surface area contributed by atoms with Crippen LogP contribution in [0.5, 0.6) is 5.75 Å². The van der Waals surface area contributed by atoms with Crippen molar-refractivity contribution in [2.75, 3.05) is 23.3 Å². The minimum absolute atomic E-state index is 0.0320. The lowest BCUT2D eigenvalue weighted by Crippen LogP contribution is -2.19. The van der Waals surface area contributed by atoms with Gasteiger partial charge in [0.05, 0.1) is 6.42 Å². The van der Waals surface area contributed by atoms with E-state index >= 15 is 0 Å². The normalized spacial score (nSPS) is 13.9. The first-order chi connectivity index (χ1) is 12.5. The maximum Gasteiger partial charge on any atom is 0.387 e. The van der Waals surface area contributed by atoms with E-state index in [0.29, 0.717) is 11.3 Å². The van der Waals surface area contributed by atoms with Crippen LogP contribution >= 0.6 is 0 Å². The fourth-order valence-corrected chi connectivity index (χ4v) is 2.98. The molecule has 1 amide bonds. The molecule has 4 nitrogen and oxygen atoms in total. The summed E-state index contributed by atoms with van der Waals surface area (Å²) < 4.78 is 42.4. The molecule has 26 heavy (non-hydrogen) atoms. The summed E-state index contributed by atoms with van der Waals surface area (Å²) in [5, 5.41) is 2.69. The largest absolute Gasteiger partial charge is 0.435 e. The first-order valence-electron chi connectivity index (χ1n) is 8.39. The fourth-order valence-electron chi connectivity index (χ4n) is 2.98. The lowest BCUT2D eigenvalue weighted by atomic mass is 10.1. The fraction of sp³-hybridized carbons (Fsp3) is 0.316. The highest BCUT2D eigenvalue weighted by Crippen LogP contribution is 2.25. The second kappa shape index (κ2) is 8.12. The molecular formula is C19H19F3N2O2. The Hall–Kier alpha value is -2.70. The zero-order valence-electron chi connectivity index (χ0n) is 14.1. The second-order valence-electron chi connectivity index (χ2n) is 6.14. The molecule has 0 spiro atoms. The van der Waals surface area contributed by atoms with Gasteiger partial charge in [-0.1, -0.05) is 12.1 Å². The van der Waals surface area contributed by atoms with Gasteiger partial charge in [0.15, 0.2) is 0 Å². The molecule has 0 saturated carbocycles. The zero-order valence-corrected chi connectivity index (χ0v) is 14.1. The average molecular weight is 364 g/mol. The number of halogens is 3. The number of nitrogens with one attached hydrogen (secondary N) is 1. The molecule has 1 heterocycles. The van der Waals surface area contributed by atoms with Gasteiger partial charge in [-0.05, 0) is 48.7 Å². The number of nitrogens with zero attached hydrogens (tertiary/aromatic N) is 1. The van der Waals surface area contributed by atoms with Gasteiger partial charge in [0.1, 0.15) is 11.6 Å². The average Bonchev–Trinajstić information content (AvgIpc) is 3.10. The van der Waals surface area contributed by atoms with Crippen molar-refractivity contribution in [2.24, 2.45) is 0 Å². The molecule has 0 aromatic heterocycles. The molecule has 1 saturated heterocycles. The van der Waals surface area contributed by atoms with E-state index in [1.54, 1.807) is 18.2 Å². The molecule has 0 atom stereocenters. The van der Waals surface area contributed by atoms with Gasteiger partial charge < -0.3 is 15.0 Å². The predicted molar refractivity (Wildman–Crippen MR) is 93.3 cm³/mol. The number of ether oxygens (including phenoxy) is 1. The van der Waals surface area contributed by atoms with Crippen molar-refractivity contribution < 1.29 is 22.7 Å². The van der Waals surface area contributed by atoms with Crippen LogP contribution in [0.3, 0.4) is 0 Å². The number of anilines is 2. The third-order valence-electron chi connectivity index (χ3n) is 4.15. The van der Waals surface area contributed by atoms with Gasteiger partial charge in [-0.15, -0.1) is 0 Å². The summed E-state index contributed by atoms with van der Waals surface area (Å²) in [6, 6.07) is 10.3. The Morgan fingerprint density at radius 2 is 1.81 bits per heavy atom. The third kappa shape index (κ3) is 4.91. The van der Waals surface area contributed by atoms with Crippen LogP contribution in [0.25, 0.3) is 0 Å². The lowest BCUT2D eigenvalue weighted by molar-refractivity contribution is -0.115. The Kier molecular flexibility index (Phi) is 5.65. The molecule has 1 N–H and O–H groups in total. The first-order valence-corrected chi connectivity index (χ1v) is 8.39. The highest BCUT2D eigenvalue weighted by Gasteiger charge is 2.15. The number of hydrogen-bond donors (Lipinski definition) is 1. The number of alkyl halides is 2. The van der Waals surface area contributed by atoms with Crippen LogP contribution < -0.4 is 15.0 Å². The molecule has 0 aliphatic carbocycles. The van der Waals surface area contributed by atoms with Crippen molar-refractivity contribution in [3.05, 3.63) is 53.8 Å². The van der Waals surface area contributed by atoms with Gasteiger partial charge in [0.25, 0.3) is 0 Å². The van der Waals surface area contributed by atoms with Gasteiger partial charge in [-0.2, -0.15) is 8.78 Å². The number of benzene rings is 2. The molecule has 2 aromatic rings. The van der Waals surface area contributed by atoms with E-state index in [9.17, 15) is 18.0 Å². The summed E-state index contributed by atoms with van der Waals surface area (Å²) in [6.45, 7) is -1.13. The highest BCUT2D eigenvalue weighted by molar-refractivity contribution is 5.92. The molecular weight excluding hydrogens is 345 g/mol. The van der Waals surface area contributed by atoms with Gasteiger partial charge in [-0.3, -0.25) is 4.79 Å². The molecule has 1 aliphatic heterocycles. The van der Waals surface area contributed by atoms with Crippen LogP contribution in [-0.4, -0.2) is 25.6 Å². The van der Waals surface area contributed by atoms with E-state index in [1.807, 2.05) is 0 Å². The summed E-state index contributed by atoms with van der Waals surface area (Å²) in [5.74, 6) is -0.687. The van der Waals surface area contributed by atoms with E-state index in [4.69, 9.17) is 0 Å². The number of amides is 1. The van der Waals surface area contributed by atoms with Gasteiger partial charge >= 0.3 is 6.61 Å². The second-order valence-corrected chi connectivity index (χ2v) is 6.14. The Morgan fingerprint density at radius 3 is 2.46 bits per heavy atom. The van der Waals surface area contributed by atoms with Crippen molar-refractivity contribution >= 4 is 17.3 Å². The Balaban J connectivity index is 1.62. The first kappa shape index (κ1) is 18.1. The molecule has 1 aliphatic rings. The molecule has 0 bridgehead atoms. The van der Waals surface area contributed by atoms with E-state index < -0.39 is 12.4 Å². The van der Waals surface area contributed by atoms with Crippen molar-refractivity contribution in [3.8, 4) is 5.75 Å². The van der Waals surface area contributed by atoms with Crippen LogP contribution in [0.15, 0.2) is 42.5 Å². The maximum absolute atomic E-state index is 13.9. The Bertz CT molecular complexity index is 760. The van der Waals surface area contributed by atoms with Gasteiger partial charge in [0, 0.05) is 24.5 Å².